The molecule has 0 fully saturated rings. The minimum Gasteiger partial charge on any atom is -0.497 e. The predicted molar refractivity (Wildman–Crippen MR) is 95.9 cm³/mol. The van der Waals surface area contributed by atoms with Crippen LogP contribution < -0.4 is 14.8 Å². The van der Waals surface area contributed by atoms with Crippen molar-refractivity contribution in [3.8, 4) is 5.75 Å². The van der Waals surface area contributed by atoms with Crippen molar-refractivity contribution in [3.05, 3.63) is 59.9 Å². The van der Waals surface area contributed by atoms with Crippen LogP contribution in [-0.4, -0.2) is 34.0 Å². The van der Waals surface area contributed by atoms with E-state index < -0.39 is 27.8 Å². The molecule has 6 nitrogen and oxygen atoms in total. The number of hydrogen-bond acceptors (Lipinski definition) is 4. The van der Waals surface area contributed by atoms with Gasteiger partial charge in [-0.2, -0.15) is 4.72 Å². The number of benzene rings is 2. The molecule has 0 spiro atoms. The molecule has 0 radical (unpaired) electrons. The van der Waals surface area contributed by atoms with Crippen molar-refractivity contribution >= 4 is 15.9 Å². The van der Waals surface area contributed by atoms with Gasteiger partial charge in [-0.25, -0.2) is 12.8 Å². The van der Waals surface area contributed by atoms with Gasteiger partial charge in [-0.15, -0.1) is 0 Å². The third-order valence-electron chi connectivity index (χ3n) is 3.72. The molecule has 140 valence electrons. The van der Waals surface area contributed by atoms with Gasteiger partial charge in [-0.1, -0.05) is 12.1 Å². The number of amides is 1. The normalized spacial score (nSPS) is 12.4. The largest absolute Gasteiger partial charge is 0.497 e. The molecular formula is C18H21FN2O4S. The number of sulfonamides is 1. The molecule has 0 bridgehead atoms. The second kappa shape index (κ2) is 8.77. The molecule has 0 saturated heterocycles. The van der Waals surface area contributed by atoms with Gasteiger partial charge in [0.2, 0.25) is 15.9 Å². The second-order valence-corrected chi connectivity index (χ2v) is 7.40. The Morgan fingerprint density at radius 1 is 1.12 bits per heavy atom. The van der Waals surface area contributed by atoms with Crippen molar-refractivity contribution in [2.75, 3.05) is 13.7 Å². The van der Waals surface area contributed by atoms with E-state index in [-0.39, 0.29) is 4.90 Å². The fraction of sp³-hybridized carbons (Fsp3) is 0.278. The molecule has 2 rings (SSSR count). The lowest BCUT2D eigenvalue weighted by Crippen LogP contribution is -2.45. The van der Waals surface area contributed by atoms with Crippen LogP contribution >= 0.6 is 0 Å². The van der Waals surface area contributed by atoms with Crippen LogP contribution in [0.3, 0.4) is 0 Å². The number of nitrogens with one attached hydrogen (secondary N) is 2. The highest BCUT2D eigenvalue weighted by atomic mass is 32.2. The minimum absolute atomic E-state index is 0.100. The topological polar surface area (TPSA) is 84.5 Å². The fourth-order valence-electron chi connectivity index (χ4n) is 2.24. The van der Waals surface area contributed by atoms with Crippen LogP contribution in [-0.2, 0) is 21.2 Å². The quantitative estimate of drug-likeness (QED) is 0.732. The number of ether oxygens (including phenoxy) is 1. The lowest BCUT2D eigenvalue weighted by Gasteiger charge is -2.14. The molecule has 0 aromatic heterocycles. The lowest BCUT2D eigenvalue weighted by molar-refractivity contribution is -0.122. The van der Waals surface area contributed by atoms with Crippen molar-refractivity contribution in [1.29, 1.82) is 0 Å². The average molecular weight is 380 g/mol. The molecule has 0 aliphatic carbocycles. The first-order valence-corrected chi connectivity index (χ1v) is 9.48. The number of carbonyl (C=O) groups excluding carboxylic acids is 1. The molecule has 0 aliphatic rings. The molecule has 1 amide bonds. The summed E-state index contributed by atoms with van der Waals surface area (Å²) in [6.45, 7) is 1.82. The van der Waals surface area contributed by atoms with E-state index in [0.717, 1.165) is 35.6 Å². The molecule has 2 aromatic rings. The van der Waals surface area contributed by atoms with Crippen molar-refractivity contribution in [2.24, 2.45) is 0 Å². The number of hydrogen-bond donors (Lipinski definition) is 2. The summed E-state index contributed by atoms with van der Waals surface area (Å²) in [5.41, 5.74) is 1.02. The first kappa shape index (κ1) is 19.9. The molecule has 0 aliphatic heterocycles. The molecule has 8 heteroatoms. The van der Waals surface area contributed by atoms with Gasteiger partial charge in [0.25, 0.3) is 0 Å². The third kappa shape index (κ3) is 5.53. The number of carbonyl (C=O) groups is 1. The van der Waals surface area contributed by atoms with E-state index in [1.165, 1.54) is 6.92 Å². The molecule has 26 heavy (non-hydrogen) atoms. The molecule has 0 unspecified atom stereocenters. The summed E-state index contributed by atoms with van der Waals surface area (Å²) in [6, 6.07) is 10.9. The Morgan fingerprint density at radius 3 is 2.31 bits per heavy atom. The summed E-state index contributed by atoms with van der Waals surface area (Å²) in [4.78, 5) is 12.0. The zero-order valence-corrected chi connectivity index (χ0v) is 15.3. The summed E-state index contributed by atoms with van der Waals surface area (Å²) in [7, 11) is -2.31. The smallest absolute Gasteiger partial charge is 0.241 e. The van der Waals surface area contributed by atoms with Gasteiger partial charge in [0.05, 0.1) is 18.0 Å². The summed E-state index contributed by atoms with van der Waals surface area (Å²) in [6.07, 6.45) is 0.604. The molecule has 0 heterocycles. The zero-order valence-electron chi connectivity index (χ0n) is 14.5. The van der Waals surface area contributed by atoms with Crippen molar-refractivity contribution in [3.63, 3.8) is 0 Å². The van der Waals surface area contributed by atoms with Crippen LogP contribution in [0.2, 0.25) is 0 Å². The Kier molecular flexibility index (Phi) is 6.70. The molecule has 2 N–H and O–H groups in total. The highest BCUT2D eigenvalue weighted by molar-refractivity contribution is 7.89. The Morgan fingerprint density at radius 2 is 1.73 bits per heavy atom. The lowest BCUT2D eigenvalue weighted by atomic mass is 10.1. The van der Waals surface area contributed by atoms with Crippen LogP contribution in [0.1, 0.15) is 12.5 Å². The van der Waals surface area contributed by atoms with E-state index in [9.17, 15) is 17.6 Å². The Bertz CT molecular complexity index is 836. The van der Waals surface area contributed by atoms with E-state index in [1.54, 1.807) is 7.11 Å². The van der Waals surface area contributed by atoms with Gasteiger partial charge < -0.3 is 10.1 Å². The van der Waals surface area contributed by atoms with Gasteiger partial charge in [-0.05, 0) is 55.3 Å². The number of methoxy groups -OCH3 is 1. The monoisotopic (exact) mass is 380 g/mol. The summed E-state index contributed by atoms with van der Waals surface area (Å²) < 4.78 is 44.6. The number of halogens is 1. The number of rotatable bonds is 8. The van der Waals surface area contributed by atoms with Gasteiger partial charge in [0.1, 0.15) is 11.6 Å². The van der Waals surface area contributed by atoms with E-state index >= 15 is 0 Å². The second-order valence-electron chi connectivity index (χ2n) is 5.69. The Hall–Kier alpha value is -2.45. The summed E-state index contributed by atoms with van der Waals surface area (Å²) in [5.74, 6) is -0.223. The Labute approximate surface area is 152 Å². The van der Waals surface area contributed by atoms with Gasteiger partial charge in [-0.3, -0.25) is 4.79 Å². The first-order chi connectivity index (χ1) is 12.3. The molecular weight excluding hydrogens is 359 g/mol. The van der Waals surface area contributed by atoms with E-state index in [4.69, 9.17) is 4.74 Å². The molecule has 1 atom stereocenters. The summed E-state index contributed by atoms with van der Waals surface area (Å²) >= 11 is 0. The van der Waals surface area contributed by atoms with Crippen LogP contribution in [0.15, 0.2) is 53.4 Å². The SMILES string of the molecule is COc1ccc(CCNC(=O)[C@H](C)NS(=O)(=O)c2ccc(F)cc2)cc1. The predicted octanol–water partition coefficient (Wildman–Crippen LogP) is 1.86. The van der Waals surface area contributed by atoms with Crippen LogP contribution in [0, 0.1) is 5.82 Å². The van der Waals surface area contributed by atoms with Crippen LogP contribution in [0.5, 0.6) is 5.75 Å². The maximum absolute atomic E-state index is 12.9. The standard InChI is InChI=1S/C18H21FN2O4S/c1-13(21-26(23,24)17-9-5-15(19)6-10-17)18(22)20-12-11-14-3-7-16(25-2)8-4-14/h3-10,13,21H,11-12H2,1-2H3,(H,20,22)/t13-/m0/s1. The fourth-order valence-corrected chi connectivity index (χ4v) is 3.45. The highest BCUT2D eigenvalue weighted by Crippen LogP contribution is 2.12. The van der Waals surface area contributed by atoms with Crippen molar-refractivity contribution in [2.45, 2.75) is 24.3 Å². The van der Waals surface area contributed by atoms with E-state index in [2.05, 4.69) is 10.0 Å². The summed E-state index contributed by atoms with van der Waals surface area (Å²) in [5, 5.41) is 2.69. The third-order valence-corrected chi connectivity index (χ3v) is 5.28. The van der Waals surface area contributed by atoms with Crippen molar-refractivity contribution < 1.29 is 22.3 Å². The van der Waals surface area contributed by atoms with Crippen LogP contribution in [0.25, 0.3) is 0 Å². The maximum atomic E-state index is 12.9. The van der Waals surface area contributed by atoms with Gasteiger partial charge in [0, 0.05) is 6.54 Å². The Balaban J connectivity index is 1.85. The molecule has 2 aromatic carbocycles. The first-order valence-electron chi connectivity index (χ1n) is 8.00. The average Bonchev–Trinajstić information content (AvgIpc) is 2.62. The molecule has 0 saturated carbocycles. The van der Waals surface area contributed by atoms with E-state index in [0.29, 0.717) is 13.0 Å². The maximum Gasteiger partial charge on any atom is 0.241 e. The van der Waals surface area contributed by atoms with Crippen molar-refractivity contribution in [1.82, 2.24) is 10.0 Å². The van der Waals surface area contributed by atoms with E-state index in [1.807, 2.05) is 24.3 Å². The van der Waals surface area contributed by atoms with Gasteiger partial charge >= 0.3 is 0 Å². The highest BCUT2D eigenvalue weighted by Gasteiger charge is 2.21. The zero-order chi connectivity index (χ0) is 19.2. The van der Waals surface area contributed by atoms with Gasteiger partial charge in [0.15, 0.2) is 0 Å². The minimum atomic E-state index is -3.90. The van der Waals surface area contributed by atoms with Crippen LogP contribution in [0.4, 0.5) is 4.39 Å².